The Morgan fingerprint density at radius 1 is 1.70 bits per heavy atom. The molecule has 60 valence electrons. The highest BCUT2D eigenvalue weighted by Gasteiger charge is 2.29. The minimum absolute atomic E-state index is 0.123. The standard InChI is InChI=1S/C7H16N2O/c1-7(2)9-6(4-8-3)5-10-7/h6,8-9H,4-5H2,1-3H3. The van der Waals surface area contributed by atoms with Crippen molar-refractivity contribution in [2.75, 3.05) is 20.2 Å². The summed E-state index contributed by atoms with van der Waals surface area (Å²) in [6.07, 6.45) is 0. The van der Waals surface area contributed by atoms with E-state index in [9.17, 15) is 0 Å². The van der Waals surface area contributed by atoms with Gasteiger partial charge in [0, 0.05) is 12.6 Å². The quantitative estimate of drug-likeness (QED) is 0.569. The average Bonchev–Trinajstić information content (AvgIpc) is 2.12. The Hall–Kier alpha value is -0.120. The molecule has 1 unspecified atom stereocenters. The lowest BCUT2D eigenvalue weighted by molar-refractivity contribution is 0.0231. The van der Waals surface area contributed by atoms with Gasteiger partial charge in [-0.05, 0) is 20.9 Å². The minimum Gasteiger partial charge on any atom is -0.360 e. The normalized spacial score (nSPS) is 30.9. The van der Waals surface area contributed by atoms with Gasteiger partial charge in [0.05, 0.1) is 6.61 Å². The maximum atomic E-state index is 5.45. The zero-order valence-corrected chi connectivity index (χ0v) is 6.90. The fraction of sp³-hybridized carbons (Fsp3) is 1.00. The van der Waals surface area contributed by atoms with Gasteiger partial charge in [0.25, 0.3) is 0 Å². The topological polar surface area (TPSA) is 33.3 Å². The molecule has 10 heavy (non-hydrogen) atoms. The molecule has 1 aliphatic rings. The van der Waals surface area contributed by atoms with E-state index in [4.69, 9.17) is 4.74 Å². The van der Waals surface area contributed by atoms with Crippen molar-refractivity contribution in [3.05, 3.63) is 0 Å². The van der Waals surface area contributed by atoms with Crippen LogP contribution in [0.1, 0.15) is 13.8 Å². The predicted octanol–water partition coefficient (Wildman–Crippen LogP) is -0.0697. The van der Waals surface area contributed by atoms with Crippen LogP contribution in [0.5, 0.6) is 0 Å². The molecule has 0 aromatic carbocycles. The zero-order chi connectivity index (χ0) is 7.61. The van der Waals surface area contributed by atoms with Gasteiger partial charge in [-0.15, -0.1) is 0 Å². The molecule has 1 aliphatic heterocycles. The number of hydrogen-bond acceptors (Lipinski definition) is 3. The van der Waals surface area contributed by atoms with Crippen LogP contribution in [0.15, 0.2) is 0 Å². The van der Waals surface area contributed by atoms with Crippen molar-refractivity contribution in [2.45, 2.75) is 25.6 Å². The number of ether oxygens (including phenoxy) is 1. The molecule has 1 rings (SSSR count). The van der Waals surface area contributed by atoms with E-state index in [2.05, 4.69) is 10.6 Å². The lowest BCUT2D eigenvalue weighted by Crippen LogP contribution is -2.42. The third-order valence-corrected chi connectivity index (χ3v) is 1.65. The first kappa shape index (κ1) is 7.98. The van der Waals surface area contributed by atoms with Crippen molar-refractivity contribution in [2.24, 2.45) is 0 Å². The molecule has 1 heterocycles. The molecule has 1 atom stereocenters. The predicted molar refractivity (Wildman–Crippen MR) is 40.9 cm³/mol. The number of likely N-dealkylation sites (N-methyl/N-ethyl adjacent to an activating group) is 1. The van der Waals surface area contributed by atoms with Crippen LogP contribution < -0.4 is 10.6 Å². The first-order valence-corrected chi connectivity index (χ1v) is 3.70. The molecule has 0 spiro atoms. The molecule has 0 amide bonds. The molecule has 0 aromatic rings. The van der Waals surface area contributed by atoms with E-state index in [1.807, 2.05) is 20.9 Å². The monoisotopic (exact) mass is 144 g/mol. The molecule has 2 N–H and O–H groups in total. The van der Waals surface area contributed by atoms with Crippen molar-refractivity contribution in [1.82, 2.24) is 10.6 Å². The van der Waals surface area contributed by atoms with Crippen LogP contribution in [0.4, 0.5) is 0 Å². The Balaban J connectivity index is 2.29. The molecule has 0 radical (unpaired) electrons. The van der Waals surface area contributed by atoms with Gasteiger partial charge in [0.1, 0.15) is 5.72 Å². The van der Waals surface area contributed by atoms with Crippen molar-refractivity contribution < 1.29 is 4.74 Å². The van der Waals surface area contributed by atoms with Gasteiger partial charge in [-0.1, -0.05) is 0 Å². The van der Waals surface area contributed by atoms with Crippen LogP contribution >= 0.6 is 0 Å². The van der Waals surface area contributed by atoms with Gasteiger partial charge < -0.3 is 10.1 Å². The summed E-state index contributed by atoms with van der Waals surface area (Å²) < 4.78 is 5.45. The number of rotatable bonds is 2. The lowest BCUT2D eigenvalue weighted by atomic mass is 10.3. The van der Waals surface area contributed by atoms with Crippen LogP contribution in [0.3, 0.4) is 0 Å². The van der Waals surface area contributed by atoms with Crippen molar-refractivity contribution >= 4 is 0 Å². The Labute approximate surface area is 62.1 Å². The highest BCUT2D eigenvalue weighted by atomic mass is 16.5. The van der Waals surface area contributed by atoms with E-state index in [0.717, 1.165) is 13.2 Å². The van der Waals surface area contributed by atoms with E-state index < -0.39 is 0 Å². The van der Waals surface area contributed by atoms with Crippen LogP contribution in [-0.4, -0.2) is 32.0 Å². The fourth-order valence-electron chi connectivity index (χ4n) is 1.24. The molecule has 1 saturated heterocycles. The van der Waals surface area contributed by atoms with E-state index in [-0.39, 0.29) is 5.72 Å². The van der Waals surface area contributed by atoms with Crippen molar-refractivity contribution in [3.8, 4) is 0 Å². The SMILES string of the molecule is CNCC1COC(C)(C)N1. The largest absolute Gasteiger partial charge is 0.360 e. The van der Waals surface area contributed by atoms with E-state index in [1.54, 1.807) is 0 Å². The van der Waals surface area contributed by atoms with Gasteiger partial charge in [-0.2, -0.15) is 0 Å². The Morgan fingerprint density at radius 2 is 2.40 bits per heavy atom. The first-order chi connectivity index (χ1) is 4.64. The Bertz CT molecular complexity index is 114. The smallest absolute Gasteiger partial charge is 0.113 e. The van der Waals surface area contributed by atoms with E-state index in [1.165, 1.54) is 0 Å². The second-order valence-corrected chi connectivity index (χ2v) is 3.22. The Morgan fingerprint density at radius 3 is 2.80 bits per heavy atom. The minimum atomic E-state index is -0.123. The fourth-order valence-corrected chi connectivity index (χ4v) is 1.24. The van der Waals surface area contributed by atoms with E-state index in [0.29, 0.717) is 6.04 Å². The van der Waals surface area contributed by atoms with Gasteiger partial charge in [-0.3, -0.25) is 5.32 Å². The molecule has 3 nitrogen and oxygen atoms in total. The molecule has 0 aromatic heterocycles. The third kappa shape index (κ3) is 1.94. The molecule has 3 heteroatoms. The summed E-state index contributed by atoms with van der Waals surface area (Å²) >= 11 is 0. The third-order valence-electron chi connectivity index (χ3n) is 1.65. The van der Waals surface area contributed by atoms with Crippen molar-refractivity contribution in [3.63, 3.8) is 0 Å². The van der Waals surface area contributed by atoms with Crippen molar-refractivity contribution in [1.29, 1.82) is 0 Å². The summed E-state index contributed by atoms with van der Waals surface area (Å²) in [7, 11) is 1.95. The summed E-state index contributed by atoms with van der Waals surface area (Å²) in [4.78, 5) is 0. The second-order valence-electron chi connectivity index (χ2n) is 3.22. The number of nitrogens with one attached hydrogen (secondary N) is 2. The van der Waals surface area contributed by atoms with Crippen LogP contribution in [0, 0.1) is 0 Å². The van der Waals surface area contributed by atoms with Gasteiger partial charge in [0.15, 0.2) is 0 Å². The zero-order valence-electron chi connectivity index (χ0n) is 6.90. The summed E-state index contributed by atoms with van der Waals surface area (Å²) in [5.41, 5.74) is -0.123. The number of hydrogen-bond donors (Lipinski definition) is 2. The van der Waals surface area contributed by atoms with Crippen LogP contribution in [0.25, 0.3) is 0 Å². The maximum absolute atomic E-state index is 5.45. The molecular formula is C7H16N2O. The highest BCUT2D eigenvalue weighted by molar-refractivity contribution is 4.82. The Kier molecular flexibility index (Phi) is 2.28. The maximum Gasteiger partial charge on any atom is 0.113 e. The first-order valence-electron chi connectivity index (χ1n) is 3.70. The van der Waals surface area contributed by atoms with Gasteiger partial charge in [0.2, 0.25) is 0 Å². The van der Waals surface area contributed by atoms with Crippen LogP contribution in [-0.2, 0) is 4.74 Å². The highest BCUT2D eigenvalue weighted by Crippen LogP contribution is 2.13. The molecule has 1 fully saturated rings. The summed E-state index contributed by atoms with van der Waals surface area (Å²) in [5, 5.41) is 6.45. The molecular weight excluding hydrogens is 128 g/mol. The average molecular weight is 144 g/mol. The van der Waals surface area contributed by atoms with E-state index >= 15 is 0 Å². The summed E-state index contributed by atoms with van der Waals surface area (Å²) in [6, 6.07) is 0.472. The summed E-state index contributed by atoms with van der Waals surface area (Å²) in [6.45, 7) is 5.88. The summed E-state index contributed by atoms with van der Waals surface area (Å²) in [5.74, 6) is 0. The lowest BCUT2D eigenvalue weighted by Gasteiger charge is -2.17. The van der Waals surface area contributed by atoms with Gasteiger partial charge in [-0.25, -0.2) is 0 Å². The molecule has 0 aliphatic carbocycles. The van der Waals surface area contributed by atoms with Gasteiger partial charge >= 0.3 is 0 Å². The molecule has 0 bridgehead atoms. The van der Waals surface area contributed by atoms with Crippen LogP contribution in [0.2, 0.25) is 0 Å². The molecule has 0 saturated carbocycles. The second kappa shape index (κ2) is 2.86.